The van der Waals surface area contributed by atoms with Gasteiger partial charge in [0.1, 0.15) is 23.2 Å². The minimum absolute atomic E-state index is 0.0637. The number of halogens is 1. The Morgan fingerprint density at radius 2 is 1.82 bits per heavy atom. The summed E-state index contributed by atoms with van der Waals surface area (Å²) in [6.45, 7) is 2.21. The second-order valence-corrected chi connectivity index (χ2v) is 7.94. The lowest BCUT2D eigenvalue weighted by atomic mass is 9.84. The van der Waals surface area contributed by atoms with Gasteiger partial charge in [-0.15, -0.1) is 0 Å². The van der Waals surface area contributed by atoms with E-state index < -0.39 is 11.7 Å². The molecule has 2 aromatic carbocycles. The molecule has 0 fully saturated rings. The number of pyridine rings is 1. The van der Waals surface area contributed by atoms with E-state index in [0.717, 1.165) is 5.56 Å². The van der Waals surface area contributed by atoms with Gasteiger partial charge in [-0.1, -0.05) is 18.2 Å². The molecule has 0 aliphatic carbocycles. The first-order valence-corrected chi connectivity index (χ1v) is 10.7. The predicted molar refractivity (Wildman–Crippen MR) is 124 cm³/mol. The van der Waals surface area contributed by atoms with Gasteiger partial charge in [-0.05, 0) is 48.7 Å². The average Bonchev–Trinajstić information content (AvgIpc) is 2.83. The molecule has 2 N–H and O–H groups in total. The summed E-state index contributed by atoms with van der Waals surface area (Å²) in [5.41, 5.74) is 8.39. The van der Waals surface area contributed by atoms with Gasteiger partial charge in [0, 0.05) is 18.3 Å². The molecule has 174 valence electrons. The fraction of sp³-hybridized carbons (Fsp3) is 0.231. The highest BCUT2D eigenvalue weighted by Gasteiger charge is 2.34. The third kappa shape index (κ3) is 4.08. The van der Waals surface area contributed by atoms with Gasteiger partial charge in [0.2, 0.25) is 5.88 Å². The number of allylic oxidation sites excluding steroid dienone is 1. The van der Waals surface area contributed by atoms with Crippen molar-refractivity contribution < 1.29 is 18.6 Å². The molecule has 1 atom stereocenters. The Labute approximate surface area is 196 Å². The summed E-state index contributed by atoms with van der Waals surface area (Å²) in [4.78, 5) is 13.7. The SMILES string of the molecule is COc1ccc(CCn2c(C)cc3c(c2=O)C(c2ccc(F)cc2)C(C#N)=C(N)O3)cc1OC. The molecule has 1 aliphatic heterocycles. The number of aromatic nitrogens is 1. The lowest BCUT2D eigenvalue weighted by Crippen LogP contribution is -2.33. The molecule has 2 heterocycles. The largest absolute Gasteiger partial charge is 0.493 e. The standard InChI is InChI=1S/C26H24FN3O4/c1-15-12-22-24(23(19(14-28)25(29)34-22)17-5-7-18(27)8-6-17)26(31)30(15)11-10-16-4-9-20(32-2)21(13-16)33-3/h4-9,12-13,23H,10-11,29H2,1-3H3. The number of nitrogens with zero attached hydrogens (tertiary/aromatic N) is 2. The van der Waals surface area contributed by atoms with Crippen LogP contribution < -0.4 is 25.5 Å². The highest BCUT2D eigenvalue weighted by molar-refractivity contribution is 5.55. The number of hydrogen-bond donors (Lipinski definition) is 1. The fourth-order valence-corrected chi connectivity index (χ4v) is 4.23. The normalized spacial score (nSPS) is 14.7. The lowest BCUT2D eigenvalue weighted by Gasteiger charge is -2.27. The first-order chi connectivity index (χ1) is 16.4. The molecule has 4 rings (SSSR count). The molecule has 0 saturated heterocycles. The van der Waals surface area contributed by atoms with Crippen molar-refractivity contribution in [1.82, 2.24) is 4.57 Å². The topological polar surface area (TPSA) is 99.5 Å². The second-order valence-electron chi connectivity index (χ2n) is 7.94. The molecule has 1 aliphatic rings. The van der Waals surface area contributed by atoms with Gasteiger partial charge in [-0.3, -0.25) is 4.79 Å². The van der Waals surface area contributed by atoms with Crippen molar-refractivity contribution in [3.8, 4) is 23.3 Å². The summed E-state index contributed by atoms with van der Waals surface area (Å²) >= 11 is 0. The number of nitriles is 1. The zero-order valence-electron chi connectivity index (χ0n) is 19.1. The predicted octanol–water partition coefficient (Wildman–Crippen LogP) is 3.77. The molecule has 0 spiro atoms. The number of ether oxygens (including phenoxy) is 3. The quantitative estimate of drug-likeness (QED) is 0.600. The zero-order chi connectivity index (χ0) is 24.4. The van der Waals surface area contributed by atoms with E-state index in [-0.39, 0.29) is 17.0 Å². The van der Waals surface area contributed by atoms with Crippen LogP contribution in [0.3, 0.4) is 0 Å². The van der Waals surface area contributed by atoms with Crippen LogP contribution in [0.5, 0.6) is 17.2 Å². The van der Waals surface area contributed by atoms with E-state index in [0.29, 0.717) is 47.0 Å². The van der Waals surface area contributed by atoms with Gasteiger partial charge in [0.05, 0.1) is 25.7 Å². The summed E-state index contributed by atoms with van der Waals surface area (Å²) in [5, 5.41) is 9.76. The van der Waals surface area contributed by atoms with Crippen molar-refractivity contribution in [2.75, 3.05) is 14.2 Å². The van der Waals surface area contributed by atoms with E-state index in [1.807, 2.05) is 25.1 Å². The van der Waals surface area contributed by atoms with Crippen LogP contribution in [0.15, 0.2) is 64.8 Å². The maximum Gasteiger partial charge on any atom is 0.258 e. The van der Waals surface area contributed by atoms with Crippen LogP contribution in [0.25, 0.3) is 0 Å². The van der Waals surface area contributed by atoms with Gasteiger partial charge < -0.3 is 24.5 Å². The lowest BCUT2D eigenvalue weighted by molar-refractivity contribution is 0.354. The van der Waals surface area contributed by atoms with Gasteiger partial charge in [-0.2, -0.15) is 5.26 Å². The minimum Gasteiger partial charge on any atom is -0.493 e. The van der Waals surface area contributed by atoms with Crippen molar-refractivity contribution in [2.45, 2.75) is 25.8 Å². The molecular formula is C26H24FN3O4. The molecule has 0 amide bonds. The van der Waals surface area contributed by atoms with Gasteiger partial charge in [-0.25, -0.2) is 4.39 Å². The third-order valence-corrected chi connectivity index (χ3v) is 5.97. The zero-order valence-corrected chi connectivity index (χ0v) is 19.1. The molecule has 8 heteroatoms. The molecule has 1 aromatic heterocycles. The molecule has 7 nitrogen and oxygen atoms in total. The molecule has 0 radical (unpaired) electrons. The highest BCUT2D eigenvalue weighted by atomic mass is 19.1. The van der Waals surface area contributed by atoms with E-state index in [1.54, 1.807) is 37.0 Å². The number of hydrogen-bond acceptors (Lipinski definition) is 6. The van der Waals surface area contributed by atoms with Crippen LogP contribution in [-0.4, -0.2) is 18.8 Å². The Kier molecular flexibility index (Phi) is 6.28. The smallest absolute Gasteiger partial charge is 0.258 e. The Morgan fingerprint density at radius 1 is 1.12 bits per heavy atom. The van der Waals surface area contributed by atoms with Crippen LogP contribution in [0.4, 0.5) is 4.39 Å². The summed E-state index contributed by atoms with van der Waals surface area (Å²) < 4.78 is 31.5. The van der Waals surface area contributed by atoms with E-state index >= 15 is 0 Å². The van der Waals surface area contributed by atoms with Crippen molar-refractivity contribution in [3.05, 3.63) is 98.5 Å². The Morgan fingerprint density at radius 3 is 2.47 bits per heavy atom. The molecule has 1 unspecified atom stereocenters. The molecule has 0 bridgehead atoms. The first-order valence-electron chi connectivity index (χ1n) is 10.7. The van der Waals surface area contributed by atoms with Crippen LogP contribution in [-0.2, 0) is 13.0 Å². The van der Waals surface area contributed by atoms with E-state index in [9.17, 15) is 14.4 Å². The second kappa shape index (κ2) is 9.32. The molecular weight excluding hydrogens is 437 g/mol. The highest BCUT2D eigenvalue weighted by Crippen LogP contribution is 2.40. The Hall–Kier alpha value is -4.25. The van der Waals surface area contributed by atoms with E-state index in [4.69, 9.17) is 19.9 Å². The molecule has 34 heavy (non-hydrogen) atoms. The van der Waals surface area contributed by atoms with Crippen LogP contribution in [0.2, 0.25) is 0 Å². The van der Waals surface area contributed by atoms with Crippen LogP contribution >= 0.6 is 0 Å². The Bertz CT molecular complexity index is 1370. The molecule has 3 aromatic rings. The van der Waals surface area contributed by atoms with Crippen LogP contribution in [0, 0.1) is 24.1 Å². The Balaban J connectivity index is 1.76. The van der Waals surface area contributed by atoms with E-state index in [2.05, 4.69) is 6.07 Å². The monoisotopic (exact) mass is 461 g/mol. The van der Waals surface area contributed by atoms with Crippen molar-refractivity contribution in [3.63, 3.8) is 0 Å². The van der Waals surface area contributed by atoms with Gasteiger partial charge >= 0.3 is 0 Å². The van der Waals surface area contributed by atoms with E-state index in [1.165, 1.54) is 12.1 Å². The third-order valence-electron chi connectivity index (χ3n) is 5.97. The summed E-state index contributed by atoms with van der Waals surface area (Å²) in [5.74, 6) is 0.305. The number of rotatable bonds is 6. The maximum atomic E-state index is 13.7. The number of fused-ring (bicyclic) bond motifs is 1. The number of methoxy groups -OCH3 is 2. The average molecular weight is 461 g/mol. The van der Waals surface area contributed by atoms with Crippen molar-refractivity contribution in [1.29, 1.82) is 5.26 Å². The van der Waals surface area contributed by atoms with Crippen molar-refractivity contribution >= 4 is 0 Å². The van der Waals surface area contributed by atoms with Crippen molar-refractivity contribution in [2.24, 2.45) is 5.73 Å². The fourth-order valence-electron chi connectivity index (χ4n) is 4.23. The van der Waals surface area contributed by atoms with Crippen LogP contribution in [0.1, 0.15) is 28.3 Å². The summed E-state index contributed by atoms with van der Waals surface area (Å²) in [6.07, 6.45) is 0.561. The number of nitrogens with two attached hydrogens (primary N) is 1. The number of aryl methyl sites for hydroxylation is 2. The minimum atomic E-state index is -0.755. The maximum absolute atomic E-state index is 13.7. The summed E-state index contributed by atoms with van der Waals surface area (Å²) in [7, 11) is 3.14. The summed E-state index contributed by atoms with van der Waals surface area (Å²) in [6, 6.07) is 15.1. The number of benzene rings is 2. The first kappa shape index (κ1) is 22.9. The van der Waals surface area contributed by atoms with Gasteiger partial charge in [0.25, 0.3) is 5.56 Å². The molecule has 0 saturated carbocycles. The van der Waals surface area contributed by atoms with Gasteiger partial charge in [0.15, 0.2) is 11.5 Å².